The summed E-state index contributed by atoms with van der Waals surface area (Å²) < 4.78 is 59.0. The Balaban J connectivity index is 1.47. The second-order valence-electron chi connectivity index (χ2n) is 12.7. The predicted octanol–water partition coefficient (Wildman–Crippen LogP) is 6.51. The van der Waals surface area contributed by atoms with E-state index in [2.05, 4.69) is 18.9 Å². The maximum Gasteiger partial charge on any atom is 0.433 e. The van der Waals surface area contributed by atoms with Gasteiger partial charge in [-0.05, 0) is 74.8 Å². The molecule has 3 fully saturated rings. The molecule has 7 nitrogen and oxygen atoms in total. The molecule has 224 valence electrons. The monoisotopic (exact) mass is 599 g/mol. The summed E-state index contributed by atoms with van der Waals surface area (Å²) in [5.74, 6) is -2.11. The van der Waals surface area contributed by atoms with Gasteiger partial charge in [-0.15, -0.1) is 0 Å². The molecule has 3 aliphatic rings. The minimum absolute atomic E-state index is 0.0465. The third-order valence-electron chi connectivity index (χ3n) is 9.96. The van der Waals surface area contributed by atoms with E-state index >= 15 is 0 Å². The topological polar surface area (TPSA) is 95.7 Å². The molecule has 2 aromatic rings. The summed E-state index contributed by atoms with van der Waals surface area (Å²) in [5.41, 5.74) is -3.01. The molecule has 1 amide bonds. The van der Waals surface area contributed by atoms with Gasteiger partial charge >= 0.3 is 12.1 Å². The molecule has 3 saturated carbocycles. The van der Waals surface area contributed by atoms with Gasteiger partial charge in [-0.3, -0.25) is 14.3 Å². The molecule has 3 aliphatic carbocycles. The molecule has 4 atom stereocenters. The Labute approximate surface area is 240 Å². The molecule has 1 aromatic carbocycles. The van der Waals surface area contributed by atoms with E-state index in [-0.39, 0.29) is 41.7 Å². The smallest absolute Gasteiger partial charge is 0.433 e. The molecule has 1 aromatic heterocycles. The van der Waals surface area contributed by atoms with E-state index in [9.17, 15) is 37.4 Å². The lowest BCUT2D eigenvalue weighted by Crippen LogP contribution is -2.43. The zero-order valence-corrected chi connectivity index (χ0v) is 23.8. The maximum absolute atomic E-state index is 14.6. The van der Waals surface area contributed by atoms with Crippen molar-refractivity contribution in [2.75, 3.05) is 6.54 Å². The lowest BCUT2D eigenvalue weighted by Gasteiger charge is -2.35. The van der Waals surface area contributed by atoms with Crippen LogP contribution in [0.3, 0.4) is 0 Å². The van der Waals surface area contributed by atoms with Gasteiger partial charge in [0.25, 0.3) is 5.91 Å². The van der Waals surface area contributed by atoms with Crippen LogP contribution < -0.4 is 0 Å². The Morgan fingerprint density at radius 2 is 1.78 bits per heavy atom. The van der Waals surface area contributed by atoms with Gasteiger partial charge in [0.1, 0.15) is 11.9 Å². The fraction of sp³-hybridized carbons (Fsp3) is 0.621. The molecule has 1 unspecified atom stereocenters. The van der Waals surface area contributed by atoms with Crippen molar-refractivity contribution < 1.29 is 37.4 Å². The number of amides is 1. The molecule has 5 rings (SSSR count). The van der Waals surface area contributed by atoms with E-state index in [1.165, 1.54) is 17.0 Å². The van der Waals surface area contributed by atoms with E-state index in [0.29, 0.717) is 24.7 Å². The summed E-state index contributed by atoms with van der Waals surface area (Å²) in [5, 5.41) is 24.5. The number of carboxylic acid groups (broad SMARTS) is 1. The minimum atomic E-state index is -4.92. The van der Waals surface area contributed by atoms with Gasteiger partial charge in [0.15, 0.2) is 5.69 Å². The van der Waals surface area contributed by atoms with E-state index in [1.54, 1.807) is 6.92 Å². The lowest BCUT2D eigenvalue weighted by molar-refractivity contribution is -0.152. The third kappa shape index (κ3) is 5.24. The highest BCUT2D eigenvalue weighted by molar-refractivity contribution is 6.31. The summed E-state index contributed by atoms with van der Waals surface area (Å²) in [6.45, 7) is 5.37. The van der Waals surface area contributed by atoms with Crippen LogP contribution in [-0.4, -0.2) is 49.4 Å². The number of hydrogen-bond donors (Lipinski definition) is 2. The molecule has 0 aliphatic heterocycles. The zero-order valence-electron chi connectivity index (χ0n) is 23.1. The highest BCUT2D eigenvalue weighted by Crippen LogP contribution is 2.67. The van der Waals surface area contributed by atoms with Gasteiger partial charge in [-0.2, -0.15) is 18.3 Å². The molecule has 2 N–H and O–H groups in total. The third-order valence-corrected chi connectivity index (χ3v) is 10.3. The second kappa shape index (κ2) is 10.3. The van der Waals surface area contributed by atoms with Gasteiger partial charge in [0, 0.05) is 16.6 Å². The van der Waals surface area contributed by atoms with E-state index in [1.807, 2.05) is 0 Å². The molecule has 12 heteroatoms. The fourth-order valence-electron chi connectivity index (χ4n) is 7.17. The summed E-state index contributed by atoms with van der Waals surface area (Å²) in [4.78, 5) is 26.8. The quantitative estimate of drug-likeness (QED) is 0.354. The number of aromatic nitrogens is 2. The first-order valence-electron chi connectivity index (χ1n) is 13.9. The van der Waals surface area contributed by atoms with Gasteiger partial charge in [0.2, 0.25) is 0 Å². The first kappa shape index (κ1) is 29.8. The number of carboxylic acids is 1. The van der Waals surface area contributed by atoms with Gasteiger partial charge < -0.3 is 15.1 Å². The van der Waals surface area contributed by atoms with Crippen LogP contribution in [0.4, 0.5) is 17.6 Å². The highest BCUT2D eigenvalue weighted by atomic mass is 35.5. The first-order valence-corrected chi connectivity index (χ1v) is 14.2. The van der Waals surface area contributed by atoms with Crippen molar-refractivity contribution in [2.45, 2.75) is 83.7 Å². The first-order chi connectivity index (χ1) is 19.1. The molecule has 0 saturated heterocycles. The SMILES string of the molecule is CC1(C(=O)O)CCC(n2ncc(C(=O)N(C[C@@H](O)c3c(F)cccc3Cl)C3C[C@@H]4[C@H](C3)C4(C)C)c2C(F)(F)F)CC1. The average molecular weight is 600 g/mol. The molecule has 0 spiro atoms. The lowest BCUT2D eigenvalue weighted by atomic mass is 9.74. The Bertz CT molecular complexity index is 1320. The maximum atomic E-state index is 14.6. The number of benzene rings is 1. The van der Waals surface area contributed by atoms with Crippen molar-refractivity contribution in [3.05, 3.63) is 52.1 Å². The van der Waals surface area contributed by atoms with E-state index in [0.717, 1.165) is 16.9 Å². The van der Waals surface area contributed by atoms with Crippen LogP contribution in [0.25, 0.3) is 0 Å². The van der Waals surface area contributed by atoms with Crippen molar-refractivity contribution in [3.8, 4) is 0 Å². The normalized spacial score (nSPS) is 29.6. The fourth-order valence-corrected chi connectivity index (χ4v) is 7.45. The second-order valence-corrected chi connectivity index (χ2v) is 13.1. The average Bonchev–Trinajstić information content (AvgIpc) is 3.30. The number of hydrogen-bond acceptors (Lipinski definition) is 4. The molecular formula is C29H34ClF4N3O4. The number of aliphatic carboxylic acids is 1. The standard InChI is InChI=1S/C29H34ClF4N3O4/c1-27(2)18-11-16(12-19(18)27)36(14-22(38)23-20(30)5-4-6-21(23)31)25(39)17-13-35-37(24(17)29(32,33)34)15-7-9-28(3,10-8-15)26(40)41/h4-6,13,15-16,18-19,22,38H,7-12,14H2,1-3H3,(H,40,41)/t15?,16?,18-,19+,22-,28?/m1/s1. The number of aliphatic hydroxyl groups excluding tert-OH is 1. The zero-order chi connectivity index (χ0) is 30.1. The van der Waals surface area contributed by atoms with Crippen LogP contribution in [0.5, 0.6) is 0 Å². The van der Waals surface area contributed by atoms with Gasteiger partial charge in [-0.25, -0.2) is 4.39 Å². The number of nitrogens with zero attached hydrogens (tertiary/aromatic N) is 3. The van der Waals surface area contributed by atoms with Crippen molar-refractivity contribution in [1.29, 1.82) is 0 Å². The van der Waals surface area contributed by atoms with Crippen LogP contribution in [-0.2, 0) is 11.0 Å². The minimum Gasteiger partial charge on any atom is -0.481 e. The van der Waals surface area contributed by atoms with Crippen molar-refractivity contribution in [1.82, 2.24) is 14.7 Å². The molecule has 41 heavy (non-hydrogen) atoms. The Kier molecular flexibility index (Phi) is 7.46. The number of rotatable bonds is 7. The molecular weight excluding hydrogens is 566 g/mol. The summed E-state index contributed by atoms with van der Waals surface area (Å²) in [6, 6.07) is 2.72. The summed E-state index contributed by atoms with van der Waals surface area (Å²) >= 11 is 6.14. The van der Waals surface area contributed by atoms with Crippen molar-refractivity contribution in [2.24, 2.45) is 22.7 Å². The summed E-state index contributed by atoms with van der Waals surface area (Å²) in [7, 11) is 0. The van der Waals surface area contributed by atoms with Gasteiger partial charge in [0.05, 0.1) is 29.8 Å². The number of aliphatic hydroxyl groups is 1. The largest absolute Gasteiger partial charge is 0.481 e. The molecule has 0 bridgehead atoms. The van der Waals surface area contributed by atoms with E-state index < -0.39 is 65.3 Å². The number of alkyl halides is 3. The Hall–Kier alpha value is -2.66. The van der Waals surface area contributed by atoms with Crippen LogP contribution in [0.15, 0.2) is 24.4 Å². The van der Waals surface area contributed by atoms with Crippen LogP contribution >= 0.6 is 11.6 Å². The molecule has 0 radical (unpaired) electrons. The predicted molar refractivity (Wildman–Crippen MR) is 142 cm³/mol. The van der Waals surface area contributed by atoms with E-state index in [4.69, 9.17) is 11.6 Å². The number of fused-ring (bicyclic) bond motifs is 1. The van der Waals surface area contributed by atoms with Crippen LogP contribution in [0, 0.1) is 28.5 Å². The Morgan fingerprint density at radius 3 is 2.32 bits per heavy atom. The Morgan fingerprint density at radius 1 is 1.17 bits per heavy atom. The van der Waals surface area contributed by atoms with Gasteiger partial charge in [-0.1, -0.05) is 31.5 Å². The molecule has 1 heterocycles. The number of halogens is 5. The number of carbonyl (C=O) groups is 2. The van der Waals surface area contributed by atoms with Crippen LogP contribution in [0.1, 0.15) is 93.1 Å². The van der Waals surface area contributed by atoms with Crippen LogP contribution in [0.2, 0.25) is 5.02 Å². The van der Waals surface area contributed by atoms with Crippen molar-refractivity contribution >= 4 is 23.5 Å². The summed E-state index contributed by atoms with van der Waals surface area (Å²) in [6.07, 6.45) is -3.77. The van der Waals surface area contributed by atoms with Crippen molar-refractivity contribution in [3.63, 3.8) is 0 Å². The number of carbonyl (C=O) groups excluding carboxylic acids is 1. The highest BCUT2D eigenvalue weighted by Gasteiger charge is 2.63.